The number of benzene rings is 1. The summed E-state index contributed by atoms with van der Waals surface area (Å²) >= 11 is 1.24. The number of nitrogens with one attached hydrogen (secondary N) is 2. The molecular weight excluding hydrogens is 310 g/mol. The molecule has 0 saturated heterocycles. The first-order chi connectivity index (χ1) is 11.1. The van der Waals surface area contributed by atoms with E-state index in [0.717, 1.165) is 4.73 Å². The zero-order valence-corrected chi connectivity index (χ0v) is 14.2. The molecule has 2 rings (SSSR count). The van der Waals surface area contributed by atoms with Crippen LogP contribution in [0.2, 0.25) is 0 Å². The smallest absolute Gasteiger partial charge is 0.251 e. The lowest BCUT2D eigenvalue weighted by molar-refractivity contribution is -0.890. The molecule has 5 nitrogen and oxygen atoms in total. The molecule has 1 amide bonds. The Kier molecular flexibility index (Phi) is 6.43. The fraction of sp³-hybridized carbons (Fsp3) is 0.294. The van der Waals surface area contributed by atoms with Gasteiger partial charge >= 0.3 is 0 Å². The molecule has 0 spiro atoms. The average molecular weight is 332 g/mol. The highest BCUT2D eigenvalue weighted by molar-refractivity contribution is 7.99. The largest absolute Gasteiger partial charge is 0.618 e. The van der Waals surface area contributed by atoms with E-state index in [1.807, 2.05) is 18.2 Å². The van der Waals surface area contributed by atoms with Crippen LogP contribution in [0.5, 0.6) is 0 Å². The topological polar surface area (TPSA) is 60.5 Å². The number of rotatable bonds is 7. The summed E-state index contributed by atoms with van der Waals surface area (Å²) in [6.45, 7) is 0.567. The molecule has 1 aromatic heterocycles. The van der Waals surface area contributed by atoms with Crippen LogP contribution >= 0.6 is 11.8 Å². The van der Waals surface area contributed by atoms with Crippen molar-refractivity contribution in [3.63, 3.8) is 0 Å². The minimum atomic E-state index is -0.0685. The van der Waals surface area contributed by atoms with Gasteiger partial charge in [0.1, 0.15) is 6.04 Å². The molecule has 23 heavy (non-hydrogen) atoms. The second kappa shape index (κ2) is 8.55. The van der Waals surface area contributed by atoms with Crippen LogP contribution in [0.15, 0.2) is 59.8 Å². The second-order valence-corrected chi connectivity index (χ2v) is 6.49. The summed E-state index contributed by atoms with van der Waals surface area (Å²) in [5.41, 5.74) is 1.20. The summed E-state index contributed by atoms with van der Waals surface area (Å²) in [6.07, 6.45) is 1.43. The number of amides is 1. The quantitative estimate of drug-likeness (QED) is 0.439. The zero-order chi connectivity index (χ0) is 16.7. The minimum absolute atomic E-state index is 0.0685. The monoisotopic (exact) mass is 332 g/mol. The van der Waals surface area contributed by atoms with Gasteiger partial charge in [0.15, 0.2) is 6.20 Å². The fourth-order valence-electron chi connectivity index (χ4n) is 2.27. The van der Waals surface area contributed by atoms with Crippen molar-refractivity contribution in [2.24, 2.45) is 0 Å². The van der Waals surface area contributed by atoms with Gasteiger partial charge in [-0.3, -0.25) is 4.79 Å². The predicted molar refractivity (Wildman–Crippen MR) is 91.1 cm³/mol. The van der Waals surface area contributed by atoms with E-state index in [2.05, 4.69) is 31.5 Å². The van der Waals surface area contributed by atoms with Gasteiger partial charge in [-0.05, 0) is 17.8 Å². The first-order valence-corrected chi connectivity index (χ1v) is 8.49. The average Bonchev–Trinajstić information content (AvgIpc) is 2.55. The number of quaternary nitrogens is 1. The molecule has 0 radical (unpaired) electrons. The van der Waals surface area contributed by atoms with E-state index in [0.29, 0.717) is 11.6 Å². The minimum Gasteiger partial charge on any atom is -0.618 e. The Labute approximate surface area is 140 Å². The summed E-state index contributed by atoms with van der Waals surface area (Å²) in [7, 11) is 4.14. The van der Waals surface area contributed by atoms with Crippen molar-refractivity contribution < 1.29 is 14.4 Å². The molecule has 2 N–H and O–H groups in total. The third-order valence-corrected chi connectivity index (χ3v) is 4.56. The summed E-state index contributed by atoms with van der Waals surface area (Å²) in [4.78, 5) is 13.3. The number of aromatic nitrogens is 1. The number of nitrogens with zero attached hydrogens (tertiary/aromatic N) is 1. The Morgan fingerprint density at radius 2 is 1.91 bits per heavy atom. The third-order valence-electron chi connectivity index (χ3n) is 3.54. The van der Waals surface area contributed by atoms with Crippen LogP contribution in [0.1, 0.15) is 11.6 Å². The number of carbonyl (C=O) groups excluding carboxylic acids is 1. The number of hydrogen-bond acceptors (Lipinski definition) is 3. The lowest BCUT2D eigenvalue weighted by Gasteiger charge is -2.22. The highest BCUT2D eigenvalue weighted by Gasteiger charge is 2.18. The number of hydrogen-bond donors (Lipinski definition) is 2. The molecule has 0 unspecified atom stereocenters. The van der Waals surface area contributed by atoms with Crippen molar-refractivity contribution in [2.75, 3.05) is 26.4 Å². The van der Waals surface area contributed by atoms with Crippen molar-refractivity contribution in [3.8, 4) is 0 Å². The van der Waals surface area contributed by atoms with E-state index in [-0.39, 0.29) is 17.7 Å². The maximum Gasteiger partial charge on any atom is 0.251 e. The molecular formula is C17H22N3O2S+. The lowest BCUT2D eigenvalue weighted by Crippen LogP contribution is -3.07. The molecule has 0 bridgehead atoms. The SMILES string of the molecule is C[NH+](C)[C@H](CNC(=O)CSc1cccc[n+]1[O-])c1ccccc1. The van der Waals surface area contributed by atoms with Gasteiger partial charge in [-0.25, -0.2) is 0 Å². The Morgan fingerprint density at radius 1 is 1.22 bits per heavy atom. The van der Waals surface area contributed by atoms with E-state index in [4.69, 9.17) is 0 Å². The van der Waals surface area contributed by atoms with E-state index in [9.17, 15) is 10.0 Å². The fourth-order valence-corrected chi connectivity index (χ4v) is 3.02. The number of pyridine rings is 1. The van der Waals surface area contributed by atoms with E-state index in [1.165, 1.54) is 28.4 Å². The van der Waals surface area contributed by atoms with Gasteiger partial charge in [-0.1, -0.05) is 30.3 Å². The molecule has 6 heteroatoms. The molecule has 0 aliphatic carbocycles. The van der Waals surface area contributed by atoms with Crippen LogP contribution in [-0.2, 0) is 4.79 Å². The highest BCUT2D eigenvalue weighted by Crippen LogP contribution is 2.12. The first kappa shape index (κ1) is 17.3. The number of carbonyl (C=O) groups is 1. The van der Waals surface area contributed by atoms with Crippen LogP contribution in [0.4, 0.5) is 0 Å². The Hall–Kier alpha value is -2.05. The van der Waals surface area contributed by atoms with Crippen molar-refractivity contribution >= 4 is 17.7 Å². The van der Waals surface area contributed by atoms with Crippen LogP contribution in [0.25, 0.3) is 0 Å². The van der Waals surface area contributed by atoms with Crippen molar-refractivity contribution in [1.29, 1.82) is 0 Å². The van der Waals surface area contributed by atoms with Gasteiger partial charge < -0.3 is 15.4 Å². The van der Waals surface area contributed by atoms with Gasteiger partial charge in [0.25, 0.3) is 5.03 Å². The zero-order valence-electron chi connectivity index (χ0n) is 13.4. The lowest BCUT2D eigenvalue weighted by atomic mass is 10.1. The molecule has 1 atom stereocenters. The highest BCUT2D eigenvalue weighted by atomic mass is 32.2. The van der Waals surface area contributed by atoms with Gasteiger partial charge in [-0.2, -0.15) is 4.73 Å². The Bertz CT molecular complexity index is 635. The molecule has 2 aromatic rings. The summed E-state index contributed by atoms with van der Waals surface area (Å²) in [6, 6.07) is 15.5. The van der Waals surface area contributed by atoms with Gasteiger partial charge in [0.2, 0.25) is 5.91 Å². The predicted octanol–water partition coefficient (Wildman–Crippen LogP) is 0.414. The summed E-state index contributed by atoms with van der Waals surface area (Å²) in [5, 5.41) is 15.0. The van der Waals surface area contributed by atoms with Crippen LogP contribution in [-0.4, -0.2) is 32.3 Å². The van der Waals surface area contributed by atoms with Gasteiger partial charge in [-0.15, -0.1) is 0 Å². The molecule has 1 heterocycles. The summed E-state index contributed by atoms with van der Waals surface area (Å²) < 4.78 is 0.773. The van der Waals surface area contributed by atoms with Crippen LogP contribution < -0.4 is 14.9 Å². The molecule has 0 fully saturated rings. The van der Waals surface area contributed by atoms with Crippen LogP contribution in [0.3, 0.4) is 0 Å². The van der Waals surface area contributed by atoms with Crippen molar-refractivity contribution in [3.05, 3.63) is 65.5 Å². The van der Waals surface area contributed by atoms with Crippen LogP contribution in [0, 0.1) is 5.21 Å². The Balaban J connectivity index is 1.86. The molecule has 0 aliphatic heterocycles. The first-order valence-electron chi connectivity index (χ1n) is 7.50. The number of likely N-dealkylation sites (N-methyl/N-ethyl adjacent to an activating group) is 1. The van der Waals surface area contributed by atoms with E-state index in [1.54, 1.807) is 18.2 Å². The number of thioether (sulfide) groups is 1. The second-order valence-electron chi connectivity index (χ2n) is 5.50. The maximum atomic E-state index is 12.0. The van der Waals surface area contributed by atoms with E-state index < -0.39 is 0 Å². The standard InChI is InChI=1S/C17H21N3O2S/c1-19(2)15(14-8-4-3-5-9-14)12-18-16(21)13-23-17-10-6-7-11-20(17)22/h3-11,15H,12-13H2,1-2H3,(H,18,21)/p+1/t15-/m1/s1. The third kappa shape index (κ3) is 5.26. The van der Waals surface area contributed by atoms with Crippen molar-refractivity contribution in [2.45, 2.75) is 11.1 Å². The molecule has 1 aromatic carbocycles. The maximum absolute atomic E-state index is 12.0. The summed E-state index contributed by atoms with van der Waals surface area (Å²) in [5.74, 6) is 0.164. The molecule has 0 saturated carbocycles. The molecule has 0 aliphatic rings. The Morgan fingerprint density at radius 3 is 2.57 bits per heavy atom. The normalized spacial score (nSPS) is 12.1. The molecule has 122 valence electrons. The van der Waals surface area contributed by atoms with Gasteiger partial charge in [0, 0.05) is 17.7 Å². The van der Waals surface area contributed by atoms with Gasteiger partial charge in [0.05, 0.1) is 26.4 Å². The van der Waals surface area contributed by atoms with E-state index >= 15 is 0 Å². The van der Waals surface area contributed by atoms with Crippen molar-refractivity contribution in [1.82, 2.24) is 5.32 Å².